The van der Waals surface area contributed by atoms with Crippen molar-refractivity contribution in [2.45, 2.75) is 57.2 Å². The van der Waals surface area contributed by atoms with Crippen molar-refractivity contribution < 1.29 is 5.11 Å². The Bertz CT molecular complexity index is 911. The number of hydrogen-bond acceptors (Lipinski definition) is 8. The van der Waals surface area contributed by atoms with Crippen LogP contribution < -0.4 is 21.5 Å². The van der Waals surface area contributed by atoms with E-state index < -0.39 is 5.60 Å². The van der Waals surface area contributed by atoms with Crippen LogP contribution in [0.5, 0.6) is 0 Å². The fourth-order valence-corrected chi connectivity index (χ4v) is 6.11. The first-order valence-corrected chi connectivity index (χ1v) is 10.2. The lowest BCUT2D eigenvalue weighted by Crippen LogP contribution is -2.59. The summed E-state index contributed by atoms with van der Waals surface area (Å²) >= 11 is 0. The van der Waals surface area contributed by atoms with Gasteiger partial charge in [-0.05, 0) is 56.8 Å². The molecule has 148 valence electrons. The summed E-state index contributed by atoms with van der Waals surface area (Å²) in [7, 11) is 0. The van der Waals surface area contributed by atoms with Crippen LogP contribution in [0.25, 0.3) is 0 Å². The molecule has 3 heterocycles. The molecule has 0 aromatic carbocycles. The Morgan fingerprint density at radius 1 is 1.18 bits per heavy atom. The molecule has 28 heavy (non-hydrogen) atoms. The van der Waals surface area contributed by atoms with Gasteiger partial charge in [0.15, 0.2) is 11.6 Å². The number of aryl methyl sites for hydroxylation is 1. The quantitative estimate of drug-likeness (QED) is 0.475. The van der Waals surface area contributed by atoms with Crippen molar-refractivity contribution >= 4 is 23.4 Å². The van der Waals surface area contributed by atoms with Gasteiger partial charge in [-0.2, -0.15) is 15.1 Å². The van der Waals surface area contributed by atoms with Gasteiger partial charge in [-0.15, -0.1) is 0 Å². The fourth-order valence-electron chi connectivity index (χ4n) is 6.11. The number of anilines is 4. The Labute approximate surface area is 163 Å². The number of aromatic nitrogens is 4. The number of nitrogens with one attached hydrogen (secondary N) is 5. The maximum atomic E-state index is 10.8. The molecule has 2 atom stereocenters. The molecule has 6 N–H and O–H groups in total. The SMILES string of the molecule is Cc1cc(Nc2nc(NC3C4CC5CC3CC(O)(C5)C4)nc3c2CNN3)n[nH]1. The standard InChI is InChI=1S/C19H26N8O/c1-9-2-14(26-25-9)21-16-13-8-20-27-17(13)24-18(23-16)22-15-11-3-10-4-12(15)7-19(28,5-10)6-11/h2,10-12,15,20,28H,3-8H2,1H3,(H4,21,22,23,24,25,26,27). The number of fused-ring (bicyclic) bond motifs is 1. The molecule has 5 aliphatic rings. The molecule has 1 aliphatic heterocycles. The number of H-pyrrole nitrogens is 1. The van der Waals surface area contributed by atoms with Gasteiger partial charge in [-0.25, -0.2) is 5.43 Å². The van der Waals surface area contributed by atoms with Crippen molar-refractivity contribution in [3.8, 4) is 0 Å². The van der Waals surface area contributed by atoms with E-state index in [1.54, 1.807) is 0 Å². The Kier molecular flexibility index (Phi) is 3.43. The summed E-state index contributed by atoms with van der Waals surface area (Å²) in [6, 6.07) is 2.29. The Balaban J connectivity index is 1.29. The summed E-state index contributed by atoms with van der Waals surface area (Å²) in [6.07, 6.45) is 5.21. The minimum atomic E-state index is -0.427. The third-order valence-electron chi connectivity index (χ3n) is 6.97. The maximum Gasteiger partial charge on any atom is 0.226 e. The van der Waals surface area contributed by atoms with Gasteiger partial charge < -0.3 is 21.2 Å². The molecule has 0 spiro atoms. The van der Waals surface area contributed by atoms with Crippen molar-refractivity contribution in [3.63, 3.8) is 0 Å². The molecule has 0 amide bonds. The Hall–Kier alpha value is -2.39. The average molecular weight is 382 g/mol. The number of aromatic amines is 1. The molecule has 9 heteroatoms. The zero-order chi connectivity index (χ0) is 18.9. The second-order valence-corrected chi connectivity index (χ2v) is 9.13. The van der Waals surface area contributed by atoms with Crippen LogP contribution in [0.15, 0.2) is 6.07 Å². The van der Waals surface area contributed by atoms with Gasteiger partial charge >= 0.3 is 0 Å². The smallest absolute Gasteiger partial charge is 0.226 e. The fraction of sp³-hybridized carbons (Fsp3) is 0.632. The van der Waals surface area contributed by atoms with Crippen molar-refractivity contribution in [2.24, 2.45) is 17.8 Å². The lowest BCUT2D eigenvalue weighted by Gasteiger charge is -2.58. The second kappa shape index (κ2) is 5.81. The minimum Gasteiger partial charge on any atom is -0.390 e. The van der Waals surface area contributed by atoms with Crippen molar-refractivity contribution in [2.75, 3.05) is 16.1 Å². The van der Waals surface area contributed by atoms with Crippen molar-refractivity contribution in [1.29, 1.82) is 0 Å². The Morgan fingerprint density at radius 3 is 2.71 bits per heavy atom. The Morgan fingerprint density at radius 2 is 2.00 bits per heavy atom. The average Bonchev–Trinajstić information content (AvgIpc) is 3.25. The normalized spacial score (nSPS) is 34.9. The van der Waals surface area contributed by atoms with E-state index >= 15 is 0 Å². The van der Waals surface area contributed by atoms with Crippen LogP contribution in [0.1, 0.15) is 43.4 Å². The molecule has 9 nitrogen and oxygen atoms in total. The molecular formula is C19H26N8O. The van der Waals surface area contributed by atoms with Crippen molar-refractivity contribution in [1.82, 2.24) is 25.6 Å². The first-order chi connectivity index (χ1) is 13.5. The molecule has 4 aliphatic carbocycles. The molecule has 2 unspecified atom stereocenters. The molecule has 4 saturated carbocycles. The van der Waals surface area contributed by atoms with Crippen LogP contribution in [0, 0.1) is 24.7 Å². The van der Waals surface area contributed by atoms with Crippen LogP contribution in [0.4, 0.5) is 23.4 Å². The highest BCUT2D eigenvalue weighted by Crippen LogP contribution is 2.56. The molecule has 4 fully saturated rings. The minimum absolute atomic E-state index is 0.338. The molecule has 2 aromatic heterocycles. The monoisotopic (exact) mass is 382 g/mol. The largest absolute Gasteiger partial charge is 0.390 e. The topological polar surface area (TPSA) is 123 Å². The van der Waals surface area contributed by atoms with Crippen LogP contribution in [-0.4, -0.2) is 36.9 Å². The maximum absolute atomic E-state index is 10.8. The van der Waals surface area contributed by atoms with Crippen LogP contribution in [-0.2, 0) is 6.54 Å². The predicted molar refractivity (Wildman–Crippen MR) is 105 cm³/mol. The number of rotatable bonds is 4. The number of nitrogens with zero attached hydrogens (tertiary/aromatic N) is 3. The third kappa shape index (κ3) is 2.64. The van der Waals surface area contributed by atoms with Gasteiger partial charge in [-0.3, -0.25) is 5.10 Å². The summed E-state index contributed by atoms with van der Waals surface area (Å²) in [5.74, 6) is 4.64. The molecule has 2 aromatic rings. The highest BCUT2D eigenvalue weighted by atomic mass is 16.3. The van der Waals surface area contributed by atoms with E-state index in [0.29, 0.717) is 36.3 Å². The van der Waals surface area contributed by atoms with E-state index in [-0.39, 0.29) is 0 Å². The number of hydrogen-bond donors (Lipinski definition) is 6. The molecular weight excluding hydrogens is 356 g/mol. The first kappa shape index (κ1) is 16.6. The van der Waals surface area contributed by atoms with Crippen LogP contribution >= 0.6 is 0 Å². The van der Waals surface area contributed by atoms with Gasteiger partial charge in [0, 0.05) is 24.3 Å². The van der Waals surface area contributed by atoms with E-state index in [1.165, 1.54) is 12.8 Å². The van der Waals surface area contributed by atoms with E-state index in [0.717, 1.165) is 48.0 Å². The molecule has 0 radical (unpaired) electrons. The molecule has 7 rings (SSSR count). The van der Waals surface area contributed by atoms with Crippen LogP contribution in [0.2, 0.25) is 0 Å². The highest BCUT2D eigenvalue weighted by Gasteiger charge is 2.54. The summed E-state index contributed by atoms with van der Waals surface area (Å²) in [4.78, 5) is 9.49. The highest BCUT2D eigenvalue weighted by molar-refractivity contribution is 5.67. The summed E-state index contributed by atoms with van der Waals surface area (Å²) < 4.78 is 0. The summed E-state index contributed by atoms with van der Waals surface area (Å²) in [5.41, 5.74) is 7.83. The second-order valence-electron chi connectivity index (χ2n) is 9.13. The number of hydrazine groups is 1. The van der Waals surface area contributed by atoms with Gasteiger partial charge in [0.25, 0.3) is 0 Å². The van der Waals surface area contributed by atoms with Crippen LogP contribution in [0.3, 0.4) is 0 Å². The first-order valence-electron chi connectivity index (χ1n) is 10.2. The number of aliphatic hydroxyl groups is 1. The lowest BCUT2D eigenvalue weighted by atomic mass is 9.52. The van der Waals surface area contributed by atoms with Gasteiger partial charge in [-0.1, -0.05) is 0 Å². The zero-order valence-electron chi connectivity index (χ0n) is 15.9. The van der Waals surface area contributed by atoms with E-state index in [2.05, 4.69) is 31.7 Å². The van der Waals surface area contributed by atoms with E-state index in [9.17, 15) is 5.11 Å². The van der Waals surface area contributed by atoms with Gasteiger partial charge in [0.1, 0.15) is 5.82 Å². The zero-order valence-corrected chi connectivity index (χ0v) is 15.9. The van der Waals surface area contributed by atoms with E-state index in [1.807, 2.05) is 13.0 Å². The molecule has 4 bridgehead atoms. The van der Waals surface area contributed by atoms with Crippen molar-refractivity contribution in [3.05, 3.63) is 17.3 Å². The van der Waals surface area contributed by atoms with E-state index in [4.69, 9.17) is 9.97 Å². The summed E-state index contributed by atoms with van der Waals surface area (Å²) in [6.45, 7) is 2.63. The third-order valence-corrected chi connectivity index (χ3v) is 6.97. The molecule has 0 saturated heterocycles. The lowest BCUT2D eigenvalue weighted by molar-refractivity contribution is -0.129. The van der Waals surface area contributed by atoms with Gasteiger partial charge in [0.2, 0.25) is 5.95 Å². The van der Waals surface area contributed by atoms with Gasteiger partial charge in [0.05, 0.1) is 11.2 Å². The predicted octanol–water partition coefficient (Wildman–Crippen LogP) is 2.03. The summed E-state index contributed by atoms with van der Waals surface area (Å²) in [5, 5.41) is 25.0.